The SMILES string of the molecule is CC(C)(C)OC(=O)C1CC(I)Cc2nc3ccccc3cc21. The van der Waals surface area contributed by atoms with Crippen molar-refractivity contribution in [3.63, 3.8) is 0 Å². The van der Waals surface area contributed by atoms with Crippen molar-refractivity contribution in [3.05, 3.63) is 41.6 Å². The summed E-state index contributed by atoms with van der Waals surface area (Å²) in [6.45, 7) is 5.73. The van der Waals surface area contributed by atoms with Crippen molar-refractivity contribution in [2.75, 3.05) is 0 Å². The highest BCUT2D eigenvalue weighted by Gasteiger charge is 2.34. The first-order chi connectivity index (χ1) is 10.3. The van der Waals surface area contributed by atoms with Gasteiger partial charge in [0, 0.05) is 21.4 Å². The van der Waals surface area contributed by atoms with E-state index < -0.39 is 5.60 Å². The second kappa shape index (κ2) is 5.80. The molecule has 1 aromatic heterocycles. The van der Waals surface area contributed by atoms with Crippen LogP contribution in [0.2, 0.25) is 0 Å². The zero-order valence-electron chi connectivity index (χ0n) is 13.1. The van der Waals surface area contributed by atoms with Gasteiger partial charge in [-0.2, -0.15) is 0 Å². The molecule has 0 N–H and O–H groups in total. The summed E-state index contributed by atoms with van der Waals surface area (Å²) < 4.78 is 6.04. The van der Waals surface area contributed by atoms with Gasteiger partial charge in [-0.05, 0) is 44.9 Å². The Labute approximate surface area is 144 Å². The lowest BCUT2D eigenvalue weighted by Crippen LogP contribution is -2.32. The zero-order valence-corrected chi connectivity index (χ0v) is 15.3. The number of halogens is 1. The lowest BCUT2D eigenvalue weighted by atomic mass is 9.84. The van der Waals surface area contributed by atoms with Gasteiger partial charge in [0.25, 0.3) is 0 Å². The molecule has 3 nitrogen and oxygen atoms in total. The van der Waals surface area contributed by atoms with Crippen LogP contribution in [0.25, 0.3) is 10.9 Å². The zero-order chi connectivity index (χ0) is 15.9. The van der Waals surface area contributed by atoms with Crippen LogP contribution < -0.4 is 0 Å². The van der Waals surface area contributed by atoms with Crippen LogP contribution in [0.5, 0.6) is 0 Å². The molecule has 0 amide bonds. The van der Waals surface area contributed by atoms with Crippen LogP contribution in [-0.2, 0) is 16.0 Å². The molecule has 2 aromatic rings. The maximum Gasteiger partial charge on any atom is 0.314 e. The minimum absolute atomic E-state index is 0.132. The number of nitrogens with zero attached hydrogens (tertiary/aromatic N) is 1. The molecule has 1 aliphatic carbocycles. The van der Waals surface area contributed by atoms with E-state index in [0.29, 0.717) is 3.92 Å². The third-order valence-corrected chi connectivity index (χ3v) is 4.76. The van der Waals surface area contributed by atoms with Crippen LogP contribution in [0.3, 0.4) is 0 Å². The molecule has 1 aromatic carbocycles. The van der Waals surface area contributed by atoms with Crippen molar-refractivity contribution in [1.29, 1.82) is 0 Å². The van der Waals surface area contributed by atoms with Gasteiger partial charge in [0.1, 0.15) is 5.60 Å². The summed E-state index contributed by atoms with van der Waals surface area (Å²) in [5, 5.41) is 1.08. The molecule has 2 atom stereocenters. The third kappa shape index (κ3) is 3.26. The van der Waals surface area contributed by atoms with E-state index in [0.717, 1.165) is 35.0 Å². The summed E-state index contributed by atoms with van der Waals surface area (Å²) in [5.74, 6) is -0.339. The largest absolute Gasteiger partial charge is 0.459 e. The van der Waals surface area contributed by atoms with Crippen LogP contribution >= 0.6 is 22.6 Å². The van der Waals surface area contributed by atoms with Crippen molar-refractivity contribution in [2.24, 2.45) is 0 Å². The second-order valence-electron chi connectivity index (χ2n) is 6.84. The quantitative estimate of drug-likeness (QED) is 0.398. The van der Waals surface area contributed by atoms with Crippen LogP contribution in [0.1, 0.15) is 44.4 Å². The molecular formula is C18H20INO2. The van der Waals surface area contributed by atoms with E-state index in [-0.39, 0.29) is 11.9 Å². The first kappa shape index (κ1) is 15.7. The lowest BCUT2D eigenvalue weighted by Gasteiger charge is -2.30. The minimum Gasteiger partial charge on any atom is -0.459 e. The lowest BCUT2D eigenvalue weighted by molar-refractivity contribution is -0.157. The van der Waals surface area contributed by atoms with E-state index in [1.54, 1.807) is 0 Å². The molecule has 1 heterocycles. The summed E-state index contributed by atoms with van der Waals surface area (Å²) in [5.41, 5.74) is 2.62. The van der Waals surface area contributed by atoms with Gasteiger partial charge in [-0.3, -0.25) is 9.78 Å². The monoisotopic (exact) mass is 409 g/mol. The molecule has 4 heteroatoms. The number of rotatable bonds is 1. The first-order valence-corrected chi connectivity index (χ1v) is 8.83. The number of benzene rings is 1. The Hall–Kier alpha value is -1.17. The van der Waals surface area contributed by atoms with Crippen molar-refractivity contribution >= 4 is 39.5 Å². The van der Waals surface area contributed by atoms with Crippen molar-refractivity contribution in [1.82, 2.24) is 4.98 Å². The second-order valence-corrected chi connectivity index (χ2v) is 8.60. The number of carbonyl (C=O) groups is 1. The minimum atomic E-state index is -0.459. The van der Waals surface area contributed by atoms with Gasteiger partial charge in [0.15, 0.2) is 0 Å². The Kier molecular flexibility index (Phi) is 4.14. The van der Waals surface area contributed by atoms with Gasteiger partial charge in [0.05, 0.1) is 11.4 Å². The van der Waals surface area contributed by atoms with Gasteiger partial charge >= 0.3 is 5.97 Å². The highest BCUT2D eigenvalue weighted by molar-refractivity contribution is 14.1. The van der Waals surface area contributed by atoms with Gasteiger partial charge in [0.2, 0.25) is 0 Å². The Morgan fingerprint density at radius 1 is 1.32 bits per heavy atom. The Balaban J connectivity index is 2.04. The molecule has 0 saturated carbocycles. The Bertz CT molecular complexity index is 721. The molecule has 0 bridgehead atoms. The Morgan fingerprint density at radius 3 is 2.77 bits per heavy atom. The maximum atomic E-state index is 12.6. The number of hydrogen-bond acceptors (Lipinski definition) is 3. The third-order valence-electron chi connectivity index (χ3n) is 3.81. The predicted molar refractivity (Wildman–Crippen MR) is 96.5 cm³/mol. The van der Waals surface area contributed by atoms with Crippen molar-refractivity contribution in [2.45, 2.75) is 49.1 Å². The fourth-order valence-electron chi connectivity index (χ4n) is 2.91. The number of carbonyl (C=O) groups excluding carboxylic acids is 1. The molecule has 0 spiro atoms. The smallest absolute Gasteiger partial charge is 0.314 e. The molecule has 0 fully saturated rings. The first-order valence-electron chi connectivity index (χ1n) is 7.59. The fourth-order valence-corrected chi connectivity index (χ4v) is 3.84. The molecule has 0 aliphatic heterocycles. The average Bonchev–Trinajstić information content (AvgIpc) is 2.42. The fraction of sp³-hybridized carbons (Fsp3) is 0.444. The summed E-state index contributed by atoms with van der Waals surface area (Å²) >= 11 is 2.42. The highest BCUT2D eigenvalue weighted by atomic mass is 127. The molecule has 1 aliphatic rings. The molecule has 2 unspecified atom stereocenters. The van der Waals surface area contributed by atoms with Gasteiger partial charge in [-0.25, -0.2) is 0 Å². The van der Waals surface area contributed by atoms with Crippen LogP contribution in [-0.4, -0.2) is 20.5 Å². The van der Waals surface area contributed by atoms with Crippen LogP contribution in [0, 0.1) is 0 Å². The topological polar surface area (TPSA) is 39.2 Å². The number of hydrogen-bond donors (Lipinski definition) is 0. The van der Waals surface area contributed by atoms with Crippen molar-refractivity contribution in [3.8, 4) is 0 Å². The number of esters is 1. The maximum absolute atomic E-state index is 12.6. The van der Waals surface area contributed by atoms with E-state index in [9.17, 15) is 4.79 Å². The average molecular weight is 409 g/mol. The Morgan fingerprint density at radius 2 is 2.05 bits per heavy atom. The molecule has 0 radical (unpaired) electrons. The summed E-state index contributed by atoms with van der Waals surface area (Å²) in [6.07, 6.45) is 1.74. The molecule has 116 valence electrons. The number of pyridine rings is 1. The highest BCUT2D eigenvalue weighted by Crippen LogP contribution is 2.37. The summed E-state index contributed by atoms with van der Waals surface area (Å²) in [7, 11) is 0. The standard InChI is InChI=1S/C18H20INO2/c1-18(2,3)22-17(21)14-9-12(19)10-16-13(14)8-11-6-4-5-7-15(11)20-16/h4-8,12,14H,9-10H2,1-3H3. The van der Waals surface area contributed by atoms with Gasteiger partial charge < -0.3 is 4.74 Å². The van der Waals surface area contributed by atoms with E-state index in [1.165, 1.54) is 0 Å². The molecule has 3 rings (SSSR count). The number of aromatic nitrogens is 1. The number of fused-ring (bicyclic) bond motifs is 2. The molecule has 22 heavy (non-hydrogen) atoms. The van der Waals surface area contributed by atoms with Gasteiger partial charge in [-0.1, -0.05) is 40.8 Å². The van der Waals surface area contributed by atoms with Crippen LogP contribution in [0.15, 0.2) is 30.3 Å². The van der Waals surface area contributed by atoms with Gasteiger partial charge in [-0.15, -0.1) is 0 Å². The molecular weight excluding hydrogens is 389 g/mol. The number of ether oxygens (including phenoxy) is 1. The van der Waals surface area contributed by atoms with Crippen molar-refractivity contribution < 1.29 is 9.53 Å². The van der Waals surface area contributed by atoms with E-state index in [4.69, 9.17) is 9.72 Å². The number of para-hydroxylation sites is 1. The van der Waals surface area contributed by atoms with E-state index >= 15 is 0 Å². The van der Waals surface area contributed by atoms with E-state index in [1.807, 2.05) is 45.0 Å². The number of alkyl halides is 1. The summed E-state index contributed by atoms with van der Waals surface area (Å²) in [4.78, 5) is 17.4. The summed E-state index contributed by atoms with van der Waals surface area (Å²) in [6, 6.07) is 10.2. The molecule has 0 saturated heterocycles. The predicted octanol–water partition coefficient (Wildman–Crippen LogP) is 4.41. The van der Waals surface area contributed by atoms with Crippen LogP contribution in [0.4, 0.5) is 0 Å². The van der Waals surface area contributed by atoms with E-state index in [2.05, 4.69) is 28.7 Å². The normalized spacial score (nSPS) is 21.5.